The van der Waals surface area contributed by atoms with Crippen LogP contribution in [-0.2, 0) is 4.79 Å². The van der Waals surface area contributed by atoms with Crippen LogP contribution in [0, 0.1) is 17.8 Å². The summed E-state index contributed by atoms with van der Waals surface area (Å²) >= 11 is 0. The number of hydrogen-bond donors (Lipinski definition) is 2. The Balaban J connectivity index is 2.17. The van der Waals surface area contributed by atoms with Gasteiger partial charge in [-0.15, -0.1) is 0 Å². The standard InChI is InChI=1S/C17H24O3/c1-2-15(18)11-12-16(19)7-5-3-4-6-8-17(20)13-14-9-10-14/h3-4,6,8,14,16-17,19-20H,2,9-13H2,1H3/b4-3+,8-6+/t16-,17+/m1/s1. The monoisotopic (exact) mass is 276 g/mol. The fraction of sp³-hybridized carbons (Fsp3) is 0.588. The van der Waals surface area contributed by atoms with Gasteiger partial charge in [-0.05, 0) is 24.8 Å². The van der Waals surface area contributed by atoms with Crippen LogP contribution < -0.4 is 0 Å². The van der Waals surface area contributed by atoms with Crippen molar-refractivity contribution in [2.75, 3.05) is 0 Å². The van der Waals surface area contributed by atoms with Gasteiger partial charge in [-0.1, -0.05) is 49.8 Å². The van der Waals surface area contributed by atoms with Gasteiger partial charge in [0.05, 0.1) is 6.10 Å². The Kier molecular flexibility index (Phi) is 7.94. The maximum absolute atomic E-state index is 11.1. The van der Waals surface area contributed by atoms with Crippen LogP contribution in [0.5, 0.6) is 0 Å². The lowest BCUT2D eigenvalue weighted by Crippen LogP contribution is -2.06. The van der Waals surface area contributed by atoms with Gasteiger partial charge in [-0.25, -0.2) is 0 Å². The first kappa shape index (κ1) is 16.7. The third-order valence-electron chi connectivity index (χ3n) is 3.24. The number of carbonyl (C=O) groups excluding carboxylic acids is 1. The average molecular weight is 276 g/mol. The van der Waals surface area contributed by atoms with E-state index in [4.69, 9.17) is 0 Å². The highest BCUT2D eigenvalue weighted by atomic mass is 16.3. The number of allylic oxidation sites excluding steroid dienone is 3. The van der Waals surface area contributed by atoms with Gasteiger partial charge in [0.2, 0.25) is 0 Å². The first-order valence-corrected chi connectivity index (χ1v) is 7.34. The van der Waals surface area contributed by atoms with Crippen LogP contribution in [0.2, 0.25) is 0 Å². The van der Waals surface area contributed by atoms with Gasteiger partial charge in [0.25, 0.3) is 0 Å². The predicted molar refractivity (Wildman–Crippen MR) is 79.9 cm³/mol. The molecule has 110 valence electrons. The maximum atomic E-state index is 11.1. The number of aliphatic hydroxyl groups excluding tert-OH is 2. The number of hydrogen-bond acceptors (Lipinski definition) is 3. The highest BCUT2D eigenvalue weighted by molar-refractivity contribution is 5.78. The molecule has 0 aliphatic heterocycles. The van der Waals surface area contributed by atoms with Crippen LogP contribution in [-0.4, -0.2) is 28.2 Å². The molecule has 1 aliphatic rings. The van der Waals surface area contributed by atoms with E-state index in [1.807, 2.05) is 6.92 Å². The molecule has 3 nitrogen and oxygen atoms in total. The molecule has 3 heteroatoms. The van der Waals surface area contributed by atoms with Crippen molar-refractivity contribution in [3.63, 3.8) is 0 Å². The lowest BCUT2D eigenvalue weighted by molar-refractivity contribution is -0.119. The van der Waals surface area contributed by atoms with E-state index in [2.05, 4.69) is 11.8 Å². The Morgan fingerprint density at radius 2 is 2.10 bits per heavy atom. The van der Waals surface area contributed by atoms with Gasteiger partial charge >= 0.3 is 0 Å². The summed E-state index contributed by atoms with van der Waals surface area (Å²) in [7, 11) is 0. The molecular formula is C17H24O3. The summed E-state index contributed by atoms with van der Waals surface area (Å²) in [6, 6.07) is 0. The van der Waals surface area contributed by atoms with Gasteiger partial charge in [0.15, 0.2) is 0 Å². The molecule has 1 aliphatic carbocycles. The normalized spacial score (nSPS) is 17.9. The fourth-order valence-corrected chi connectivity index (χ4v) is 1.76. The summed E-state index contributed by atoms with van der Waals surface area (Å²) in [6.45, 7) is 1.81. The molecule has 1 saturated carbocycles. The molecule has 0 radical (unpaired) electrons. The minimum atomic E-state index is -0.750. The minimum Gasteiger partial charge on any atom is -0.389 e. The summed E-state index contributed by atoms with van der Waals surface area (Å²) in [4.78, 5) is 11.1. The zero-order valence-corrected chi connectivity index (χ0v) is 12.1. The second-order valence-corrected chi connectivity index (χ2v) is 5.23. The van der Waals surface area contributed by atoms with Gasteiger partial charge < -0.3 is 10.2 Å². The van der Waals surface area contributed by atoms with Crippen LogP contribution in [0.1, 0.15) is 45.4 Å². The molecule has 0 aromatic heterocycles. The fourth-order valence-electron chi connectivity index (χ4n) is 1.76. The third kappa shape index (κ3) is 8.68. The van der Waals surface area contributed by atoms with Crippen LogP contribution in [0.4, 0.5) is 0 Å². The summed E-state index contributed by atoms with van der Waals surface area (Å²) in [5, 5.41) is 19.1. The Labute approximate surface area is 121 Å². The van der Waals surface area contributed by atoms with Crippen molar-refractivity contribution in [2.24, 2.45) is 5.92 Å². The predicted octanol–water partition coefficient (Wildman–Crippen LogP) is 2.38. The minimum absolute atomic E-state index is 0.147. The second kappa shape index (κ2) is 9.52. The topological polar surface area (TPSA) is 57.5 Å². The number of aliphatic hydroxyl groups is 2. The van der Waals surface area contributed by atoms with Gasteiger partial charge in [0, 0.05) is 12.8 Å². The zero-order chi connectivity index (χ0) is 14.8. The van der Waals surface area contributed by atoms with Crippen LogP contribution in [0.3, 0.4) is 0 Å². The lowest BCUT2D eigenvalue weighted by Gasteiger charge is -2.01. The zero-order valence-electron chi connectivity index (χ0n) is 12.1. The third-order valence-corrected chi connectivity index (χ3v) is 3.24. The Morgan fingerprint density at radius 1 is 1.35 bits per heavy atom. The highest BCUT2D eigenvalue weighted by Gasteiger charge is 2.23. The van der Waals surface area contributed by atoms with Crippen molar-refractivity contribution in [2.45, 2.75) is 57.7 Å². The largest absolute Gasteiger partial charge is 0.389 e. The van der Waals surface area contributed by atoms with Crippen molar-refractivity contribution in [3.05, 3.63) is 24.3 Å². The molecule has 0 aromatic rings. The second-order valence-electron chi connectivity index (χ2n) is 5.23. The van der Waals surface area contributed by atoms with Crippen LogP contribution in [0.15, 0.2) is 24.3 Å². The average Bonchev–Trinajstić information content (AvgIpc) is 3.23. The maximum Gasteiger partial charge on any atom is 0.132 e. The molecule has 1 rings (SSSR count). The van der Waals surface area contributed by atoms with E-state index in [0.717, 1.165) is 6.42 Å². The van der Waals surface area contributed by atoms with E-state index in [9.17, 15) is 15.0 Å². The van der Waals surface area contributed by atoms with Gasteiger partial charge in [0.1, 0.15) is 11.9 Å². The molecule has 0 unspecified atom stereocenters. The smallest absolute Gasteiger partial charge is 0.132 e. The van der Waals surface area contributed by atoms with E-state index in [0.29, 0.717) is 25.2 Å². The number of carbonyl (C=O) groups is 1. The number of ketones is 1. The van der Waals surface area contributed by atoms with Crippen molar-refractivity contribution in [3.8, 4) is 11.8 Å². The van der Waals surface area contributed by atoms with Gasteiger partial charge in [-0.2, -0.15) is 0 Å². The number of rotatable bonds is 8. The highest BCUT2D eigenvalue weighted by Crippen LogP contribution is 2.33. The van der Waals surface area contributed by atoms with E-state index < -0.39 is 6.10 Å². The van der Waals surface area contributed by atoms with Crippen molar-refractivity contribution in [1.29, 1.82) is 0 Å². The first-order chi connectivity index (χ1) is 9.61. The molecule has 1 fully saturated rings. The van der Waals surface area contributed by atoms with E-state index in [-0.39, 0.29) is 11.9 Å². The molecule has 0 aromatic carbocycles. The number of Topliss-reactive ketones (excluding diaryl/α,β-unsaturated/α-hetero) is 1. The molecule has 20 heavy (non-hydrogen) atoms. The quantitative estimate of drug-likeness (QED) is 0.528. The molecule has 2 atom stereocenters. The van der Waals surface area contributed by atoms with Crippen LogP contribution in [0.25, 0.3) is 0 Å². The molecule has 0 amide bonds. The summed E-state index contributed by atoms with van der Waals surface area (Å²) in [5.41, 5.74) is 0. The molecule has 0 bridgehead atoms. The summed E-state index contributed by atoms with van der Waals surface area (Å²) in [6.07, 6.45) is 10.4. The SMILES string of the molecule is CCC(=O)CC[C@H](O)C#C/C=C/C=C/[C@H](O)CC1CC1. The van der Waals surface area contributed by atoms with E-state index in [1.165, 1.54) is 12.8 Å². The van der Waals surface area contributed by atoms with E-state index in [1.54, 1.807) is 24.3 Å². The molecular weight excluding hydrogens is 252 g/mol. The van der Waals surface area contributed by atoms with Crippen molar-refractivity contribution in [1.82, 2.24) is 0 Å². The van der Waals surface area contributed by atoms with E-state index >= 15 is 0 Å². The van der Waals surface area contributed by atoms with Crippen molar-refractivity contribution >= 4 is 5.78 Å². The Bertz CT molecular complexity index is 408. The lowest BCUT2D eigenvalue weighted by atomic mass is 10.1. The van der Waals surface area contributed by atoms with Crippen molar-refractivity contribution < 1.29 is 15.0 Å². The molecule has 2 N–H and O–H groups in total. The van der Waals surface area contributed by atoms with Gasteiger partial charge in [-0.3, -0.25) is 4.79 Å². The van der Waals surface area contributed by atoms with Crippen LogP contribution >= 0.6 is 0 Å². The Hall–Kier alpha value is -1.37. The Morgan fingerprint density at radius 3 is 2.75 bits per heavy atom. The first-order valence-electron chi connectivity index (χ1n) is 7.34. The molecule has 0 saturated heterocycles. The summed E-state index contributed by atoms with van der Waals surface area (Å²) in [5.74, 6) is 6.25. The molecule has 0 spiro atoms. The summed E-state index contributed by atoms with van der Waals surface area (Å²) < 4.78 is 0. The molecule has 0 heterocycles.